The molecule has 3 aromatic carbocycles. The van der Waals surface area contributed by atoms with Gasteiger partial charge in [-0.15, -0.1) is 0 Å². The van der Waals surface area contributed by atoms with E-state index < -0.39 is 11.2 Å². The van der Waals surface area contributed by atoms with Crippen molar-refractivity contribution < 1.29 is 18.9 Å². The Hall–Kier alpha value is -4.15. The van der Waals surface area contributed by atoms with Crippen LogP contribution in [-0.4, -0.2) is 27.9 Å². The highest BCUT2D eigenvalue weighted by Gasteiger charge is 2.15. The average molecular weight is 494 g/mol. The molecule has 1 amide bonds. The van der Waals surface area contributed by atoms with E-state index in [1.807, 2.05) is 44.2 Å². The molecule has 1 aromatic heterocycles. The smallest absolute Gasteiger partial charge is 0.247 e. The molecule has 4 aromatic rings. The normalized spacial score (nSPS) is 11.0. The number of aromatic nitrogens is 1. The first kappa shape index (κ1) is 25.5. The van der Waals surface area contributed by atoms with Gasteiger partial charge in [-0.25, -0.2) is 9.19 Å². The summed E-state index contributed by atoms with van der Waals surface area (Å²) >= 11 is -1.98. The number of hydrogen-bond donors (Lipinski definition) is 4. The van der Waals surface area contributed by atoms with Crippen molar-refractivity contribution in [2.24, 2.45) is 0 Å². The number of carbonyl (C=O) groups excluding carboxylic acids is 1. The number of fused-ring (bicyclic) bond motifs is 1. The molecule has 4 N–H and O–H groups in total. The van der Waals surface area contributed by atoms with Crippen LogP contribution in [0.25, 0.3) is 10.8 Å². The Morgan fingerprint density at radius 2 is 1.77 bits per heavy atom. The lowest BCUT2D eigenvalue weighted by Crippen LogP contribution is -2.26. The van der Waals surface area contributed by atoms with E-state index in [0.717, 1.165) is 10.8 Å². The third-order valence-corrected chi connectivity index (χ3v) is 5.68. The van der Waals surface area contributed by atoms with Crippen LogP contribution in [0.3, 0.4) is 0 Å². The van der Waals surface area contributed by atoms with E-state index >= 15 is 0 Å². The molecule has 0 aliphatic carbocycles. The lowest BCUT2D eigenvalue weighted by Gasteiger charge is -2.19. The Morgan fingerprint density at radius 3 is 2.54 bits per heavy atom. The van der Waals surface area contributed by atoms with Crippen molar-refractivity contribution in [2.45, 2.75) is 13.8 Å². The highest BCUT2D eigenvalue weighted by Crippen LogP contribution is 2.34. The van der Waals surface area contributed by atoms with Gasteiger partial charge in [0.15, 0.2) is 11.6 Å². The van der Waals surface area contributed by atoms with Gasteiger partial charge in [-0.3, -0.25) is 14.7 Å². The monoisotopic (exact) mass is 493 g/mol. The van der Waals surface area contributed by atoms with Gasteiger partial charge in [0.25, 0.3) is 0 Å². The van der Waals surface area contributed by atoms with Gasteiger partial charge >= 0.3 is 0 Å². The Kier molecular flexibility index (Phi) is 8.99. The van der Waals surface area contributed by atoms with E-state index in [2.05, 4.69) is 20.3 Å². The van der Waals surface area contributed by atoms with Crippen molar-refractivity contribution in [1.82, 2.24) is 4.98 Å². The van der Waals surface area contributed by atoms with Gasteiger partial charge in [0, 0.05) is 30.8 Å². The molecule has 4 rings (SSSR count). The molecule has 182 valence electrons. The summed E-state index contributed by atoms with van der Waals surface area (Å²) in [4.78, 5) is 14.9. The Balaban J connectivity index is 0.00000167. The molecule has 0 radical (unpaired) electrons. The molecule has 0 bridgehead atoms. The Morgan fingerprint density at radius 1 is 1.03 bits per heavy atom. The second-order valence-corrected chi connectivity index (χ2v) is 7.85. The van der Waals surface area contributed by atoms with E-state index in [1.54, 1.807) is 49.5 Å². The van der Waals surface area contributed by atoms with E-state index in [9.17, 15) is 14.2 Å². The summed E-state index contributed by atoms with van der Waals surface area (Å²) in [6.07, 6.45) is 2.04. The first-order chi connectivity index (χ1) is 17.1. The fraction of sp³-hybridized carbons (Fsp3) is 0.120. The van der Waals surface area contributed by atoms with Gasteiger partial charge < -0.3 is 15.4 Å². The van der Waals surface area contributed by atoms with Crippen molar-refractivity contribution in [3.05, 3.63) is 79.0 Å². The van der Waals surface area contributed by atoms with Crippen LogP contribution in [0.2, 0.25) is 0 Å². The van der Waals surface area contributed by atoms with Crippen LogP contribution in [0.4, 0.5) is 22.9 Å². The fourth-order valence-corrected chi connectivity index (χ4v) is 4.05. The topological polar surface area (TPSA) is 116 Å². The van der Waals surface area contributed by atoms with Gasteiger partial charge in [-0.05, 0) is 23.6 Å². The third-order valence-electron chi connectivity index (χ3n) is 4.76. The number of carbonyl (C=O) groups is 1. The molecule has 0 saturated heterocycles. The summed E-state index contributed by atoms with van der Waals surface area (Å²) in [5, 5.41) is 17.7. The van der Waals surface area contributed by atoms with Gasteiger partial charge in [-0.2, -0.15) is 4.47 Å². The maximum absolute atomic E-state index is 12.8. The van der Waals surface area contributed by atoms with Crippen LogP contribution in [0.1, 0.15) is 13.8 Å². The highest BCUT2D eigenvalue weighted by molar-refractivity contribution is 7.87. The zero-order valence-corrected chi connectivity index (χ0v) is 20.4. The highest BCUT2D eigenvalue weighted by atomic mass is 32.2. The van der Waals surface area contributed by atoms with Crippen LogP contribution < -0.4 is 24.6 Å². The molecule has 10 heteroatoms. The van der Waals surface area contributed by atoms with Crippen LogP contribution in [0.15, 0.2) is 79.0 Å². The number of anilines is 4. The lowest BCUT2D eigenvalue weighted by atomic mass is 10.1. The number of hydrogen-bond acceptors (Lipinski definition) is 6. The largest absolute Gasteiger partial charge is 0.455 e. The number of pyridine rings is 1. The fourth-order valence-electron chi connectivity index (χ4n) is 3.29. The van der Waals surface area contributed by atoms with Crippen molar-refractivity contribution >= 4 is 51.2 Å². The number of rotatable bonds is 9. The molecular formula is C25H27N5O4S. The molecule has 35 heavy (non-hydrogen) atoms. The number of nitrogens with one attached hydrogen (secondary N) is 3. The molecule has 1 heterocycles. The molecule has 1 atom stereocenters. The number of benzene rings is 3. The van der Waals surface area contributed by atoms with Crippen molar-refractivity contribution in [3.8, 4) is 11.5 Å². The lowest BCUT2D eigenvalue weighted by molar-refractivity contribution is -0.105. The molecule has 9 nitrogen and oxygen atoms in total. The SMILES string of the molecule is CC.CNc1c(Oc2cccc(NS(=O)N(O)c3cccc4ccccc34)c2)ccnc1NC=O. The number of nitrogens with zero attached hydrogens (tertiary/aromatic N) is 2. The first-order valence-electron chi connectivity index (χ1n) is 10.9. The summed E-state index contributed by atoms with van der Waals surface area (Å²) in [6, 6.07) is 21.3. The number of ether oxygens (including phenoxy) is 1. The molecule has 1 unspecified atom stereocenters. The van der Waals surface area contributed by atoms with Crippen LogP contribution >= 0.6 is 0 Å². The predicted molar refractivity (Wildman–Crippen MR) is 141 cm³/mol. The minimum Gasteiger partial charge on any atom is -0.455 e. The van der Waals surface area contributed by atoms with Gasteiger partial charge in [-0.1, -0.05) is 56.3 Å². The van der Waals surface area contributed by atoms with E-state index in [-0.39, 0.29) is 0 Å². The van der Waals surface area contributed by atoms with Crippen molar-refractivity contribution in [2.75, 3.05) is 26.9 Å². The summed E-state index contributed by atoms with van der Waals surface area (Å²) in [6.45, 7) is 4.00. The maximum Gasteiger partial charge on any atom is 0.247 e. The quantitative estimate of drug-likeness (QED) is 0.179. The van der Waals surface area contributed by atoms with Gasteiger partial charge in [0.05, 0.1) is 11.4 Å². The van der Waals surface area contributed by atoms with Crippen LogP contribution in [0.5, 0.6) is 11.5 Å². The molecular weight excluding hydrogens is 466 g/mol. The average Bonchev–Trinajstić information content (AvgIpc) is 2.89. The second kappa shape index (κ2) is 12.4. The van der Waals surface area contributed by atoms with Crippen LogP contribution in [0, 0.1) is 0 Å². The summed E-state index contributed by atoms with van der Waals surface area (Å²) in [5.41, 5.74) is 1.39. The Labute approximate surface area is 206 Å². The summed E-state index contributed by atoms with van der Waals surface area (Å²) in [5.74, 6) is 1.22. The second-order valence-electron chi connectivity index (χ2n) is 6.80. The molecule has 0 aliphatic rings. The van der Waals surface area contributed by atoms with E-state index in [1.165, 1.54) is 6.20 Å². The van der Waals surface area contributed by atoms with E-state index in [0.29, 0.717) is 45.3 Å². The van der Waals surface area contributed by atoms with Gasteiger partial charge in [0.2, 0.25) is 17.6 Å². The van der Waals surface area contributed by atoms with Gasteiger partial charge in [0.1, 0.15) is 11.4 Å². The summed E-state index contributed by atoms with van der Waals surface area (Å²) in [7, 11) is 1.68. The van der Waals surface area contributed by atoms with Crippen molar-refractivity contribution in [3.63, 3.8) is 0 Å². The zero-order chi connectivity index (χ0) is 25.2. The minimum atomic E-state index is -1.98. The third kappa shape index (κ3) is 6.05. The molecule has 0 aliphatic heterocycles. The maximum atomic E-state index is 12.8. The van der Waals surface area contributed by atoms with Crippen LogP contribution in [-0.2, 0) is 16.0 Å². The molecule has 0 fully saturated rings. The first-order valence-corrected chi connectivity index (χ1v) is 12.0. The van der Waals surface area contributed by atoms with E-state index in [4.69, 9.17) is 4.74 Å². The molecule has 0 saturated carbocycles. The molecule has 0 spiro atoms. The predicted octanol–water partition coefficient (Wildman–Crippen LogP) is 5.55. The zero-order valence-electron chi connectivity index (χ0n) is 19.6. The van der Waals surface area contributed by atoms with Crippen molar-refractivity contribution in [1.29, 1.82) is 0 Å². The summed E-state index contributed by atoms with van der Waals surface area (Å²) < 4.78 is 22.2. The Bertz CT molecular complexity index is 1310. The standard InChI is InChI=1S/C23H21N5O4S.C2H6/c1-24-22-21(12-13-25-23(22)26-15-29)32-18-9-5-8-17(14-18)27-33(31)28(30)20-11-4-7-16-6-2-3-10-19(16)20;1-2/h2-15,24,27,30H,1H3,(H,25,26,29);1-2H3. The number of amides is 1. The minimum absolute atomic E-state index is 0.325.